The summed E-state index contributed by atoms with van der Waals surface area (Å²) in [5, 5.41) is 4.22. The molecule has 128 valence electrons. The number of imide groups is 1. The van der Waals surface area contributed by atoms with E-state index in [1.165, 1.54) is 23.2 Å². The molecule has 1 aromatic carbocycles. The molecule has 3 saturated heterocycles. The maximum Gasteiger partial charge on any atom is 0.240 e. The Morgan fingerprint density at radius 1 is 1.16 bits per heavy atom. The smallest absolute Gasteiger partial charge is 0.240 e. The summed E-state index contributed by atoms with van der Waals surface area (Å²) >= 11 is 0. The minimum Gasteiger partial charge on any atom is -0.373 e. The van der Waals surface area contributed by atoms with E-state index < -0.39 is 0 Å². The molecule has 3 aliphatic heterocycles. The third-order valence-corrected chi connectivity index (χ3v) is 5.40. The summed E-state index contributed by atoms with van der Waals surface area (Å²) in [6.07, 6.45) is 4.61. The molecular formula is C18H16FN3O3. The Morgan fingerprint density at radius 2 is 1.88 bits per heavy atom. The molecule has 25 heavy (non-hydrogen) atoms. The van der Waals surface area contributed by atoms with Gasteiger partial charge in [0.25, 0.3) is 0 Å². The summed E-state index contributed by atoms with van der Waals surface area (Å²) in [4.78, 5) is 26.7. The van der Waals surface area contributed by atoms with Crippen molar-refractivity contribution in [2.45, 2.75) is 31.6 Å². The van der Waals surface area contributed by atoms with Crippen molar-refractivity contribution in [1.29, 1.82) is 0 Å². The first-order chi connectivity index (χ1) is 12.1. The molecule has 1 aromatic heterocycles. The van der Waals surface area contributed by atoms with Crippen molar-refractivity contribution in [1.82, 2.24) is 9.78 Å². The Balaban J connectivity index is 1.40. The fourth-order valence-corrected chi connectivity index (χ4v) is 4.34. The van der Waals surface area contributed by atoms with Crippen LogP contribution >= 0.6 is 0 Å². The average Bonchev–Trinajstić information content (AvgIpc) is 3.33. The first kappa shape index (κ1) is 14.8. The SMILES string of the molecule is O=C1[C@@H]2[C@@H](C(=O)N1c1cnn(Cc3cccc(F)c3)c1)[C@@H]1CC[C@@H]2O1. The second-order valence-corrected chi connectivity index (χ2v) is 6.88. The largest absolute Gasteiger partial charge is 0.373 e. The van der Waals surface area contributed by atoms with E-state index in [9.17, 15) is 14.0 Å². The Hall–Kier alpha value is -2.54. The molecule has 0 unspecified atom stereocenters. The van der Waals surface area contributed by atoms with Crippen molar-refractivity contribution in [2.75, 3.05) is 4.90 Å². The molecule has 7 heteroatoms. The zero-order valence-corrected chi connectivity index (χ0v) is 13.3. The summed E-state index contributed by atoms with van der Waals surface area (Å²) in [5.74, 6) is -1.38. The van der Waals surface area contributed by atoms with Gasteiger partial charge in [0.2, 0.25) is 11.8 Å². The van der Waals surface area contributed by atoms with Gasteiger partial charge in [0.15, 0.2) is 0 Å². The lowest BCUT2D eigenvalue weighted by molar-refractivity contribution is -0.124. The van der Waals surface area contributed by atoms with Crippen LogP contribution in [0.4, 0.5) is 10.1 Å². The predicted octanol–water partition coefficient (Wildman–Crippen LogP) is 1.74. The monoisotopic (exact) mass is 341 g/mol. The van der Waals surface area contributed by atoms with Crippen molar-refractivity contribution in [3.8, 4) is 0 Å². The van der Waals surface area contributed by atoms with Crippen LogP contribution in [-0.4, -0.2) is 33.8 Å². The minimum atomic E-state index is -0.349. The normalized spacial score (nSPS) is 30.4. The Bertz CT molecular complexity index is 852. The van der Waals surface area contributed by atoms with E-state index >= 15 is 0 Å². The van der Waals surface area contributed by atoms with Crippen molar-refractivity contribution in [3.63, 3.8) is 0 Å². The van der Waals surface area contributed by atoms with Gasteiger partial charge in [0, 0.05) is 6.20 Å². The number of fused-ring (bicyclic) bond motifs is 5. The van der Waals surface area contributed by atoms with E-state index in [2.05, 4.69) is 5.10 Å². The molecular weight excluding hydrogens is 325 g/mol. The van der Waals surface area contributed by atoms with Crippen LogP contribution in [0.15, 0.2) is 36.7 Å². The summed E-state index contributed by atoms with van der Waals surface area (Å²) in [6, 6.07) is 6.26. The fourth-order valence-electron chi connectivity index (χ4n) is 4.34. The molecule has 3 aliphatic rings. The van der Waals surface area contributed by atoms with E-state index in [-0.39, 0.29) is 41.7 Å². The van der Waals surface area contributed by atoms with Crippen molar-refractivity contribution in [2.24, 2.45) is 11.8 Å². The van der Waals surface area contributed by atoms with E-state index in [1.807, 2.05) is 0 Å². The minimum absolute atomic E-state index is 0.126. The second-order valence-electron chi connectivity index (χ2n) is 6.88. The van der Waals surface area contributed by atoms with Gasteiger partial charge < -0.3 is 4.74 Å². The molecule has 6 nitrogen and oxygen atoms in total. The number of hydrogen-bond donors (Lipinski definition) is 0. The number of ether oxygens (including phenoxy) is 1. The maximum absolute atomic E-state index is 13.3. The molecule has 3 fully saturated rings. The number of anilines is 1. The van der Waals surface area contributed by atoms with Crippen LogP contribution in [-0.2, 0) is 20.9 Å². The number of amides is 2. The highest BCUT2D eigenvalue weighted by Gasteiger charge is 2.62. The molecule has 4 heterocycles. The quantitative estimate of drug-likeness (QED) is 0.798. The van der Waals surface area contributed by atoms with E-state index in [0.717, 1.165) is 18.4 Å². The molecule has 2 amide bonds. The Labute approximate surface area is 143 Å². The Kier molecular flexibility index (Phi) is 3.09. The lowest BCUT2D eigenvalue weighted by Gasteiger charge is -2.15. The van der Waals surface area contributed by atoms with Crippen molar-refractivity contribution < 1.29 is 18.7 Å². The number of carbonyl (C=O) groups excluding carboxylic acids is 2. The predicted molar refractivity (Wildman–Crippen MR) is 85.1 cm³/mol. The van der Waals surface area contributed by atoms with Gasteiger partial charge >= 0.3 is 0 Å². The average molecular weight is 341 g/mol. The summed E-state index contributed by atoms with van der Waals surface area (Å²) in [6.45, 7) is 0.370. The van der Waals surface area contributed by atoms with Gasteiger partial charge in [-0.15, -0.1) is 0 Å². The topological polar surface area (TPSA) is 64.4 Å². The van der Waals surface area contributed by atoms with Crippen LogP contribution in [0.1, 0.15) is 18.4 Å². The molecule has 0 radical (unpaired) electrons. The van der Waals surface area contributed by atoms with E-state index in [4.69, 9.17) is 4.74 Å². The number of hydrogen-bond acceptors (Lipinski definition) is 4. The van der Waals surface area contributed by atoms with Crippen LogP contribution in [0.25, 0.3) is 0 Å². The molecule has 5 rings (SSSR count). The third kappa shape index (κ3) is 2.15. The standard InChI is InChI=1S/C18H16FN3O3/c19-11-3-1-2-10(6-11)8-21-9-12(7-20-21)22-17(23)15-13-4-5-14(25-13)16(15)18(22)24/h1-3,6-7,9,13-16H,4-5,8H2/t13-,14-,15-,16-/m0/s1. The Morgan fingerprint density at radius 3 is 2.56 bits per heavy atom. The van der Waals surface area contributed by atoms with Gasteiger partial charge in [-0.25, -0.2) is 9.29 Å². The highest BCUT2D eigenvalue weighted by atomic mass is 19.1. The molecule has 2 bridgehead atoms. The zero-order chi connectivity index (χ0) is 17.1. The molecule has 0 N–H and O–H groups in total. The number of benzene rings is 1. The van der Waals surface area contributed by atoms with Gasteiger partial charge in [-0.3, -0.25) is 14.3 Å². The number of aromatic nitrogens is 2. The molecule has 0 saturated carbocycles. The number of carbonyl (C=O) groups is 2. The molecule has 4 atom stereocenters. The van der Waals surface area contributed by atoms with Crippen LogP contribution in [0.2, 0.25) is 0 Å². The molecule has 0 spiro atoms. The van der Waals surface area contributed by atoms with Gasteiger partial charge in [0.05, 0.1) is 42.5 Å². The van der Waals surface area contributed by atoms with Crippen LogP contribution in [0, 0.1) is 17.7 Å². The molecule has 2 aromatic rings. The lowest BCUT2D eigenvalue weighted by atomic mass is 9.81. The van der Waals surface area contributed by atoms with Crippen molar-refractivity contribution in [3.05, 3.63) is 48.0 Å². The lowest BCUT2D eigenvalue weighted by Crippen LogP contribution is -2.33. The van der Waals surface area contributed by atoms with Crippen molar-refractivity contribution >= 4 is 17.5 Å². The molecule has 0 aliphatic carbocycles. The number of halogens is 1. The van der Waals surface area contributed by atoms with E-state index in [0.29, 0.717) is 12.2 Å². The number of rotatable bonds is 3. The summed E-state index contributed by atoms with van der Waals surface area (Å²) in [5.41, 5.74) is 1.23. The van der Waals surface area contributed by atoms with Gasteiger partial charge in [0.1, 0.15) is 5.82 Å². The first-order valence-corrected chi connectivity index (χ1v) is 8.42. The highest BCUT2D eigenvalue weighted by molar-refractivity contribution is 6.22. The van der Waals surface area contributed by atoms with Crippen LogP contribution in [0.3, 0.4) is 0 Å². The maximum atomic E-state index is 13.3. The van der Waals surface area contributed by atoms with Gasteiger partial charge in [-0.05, 0) is 30.5 Å². The zero-order valence-electron chi connectivity index (χ0n) is 13.3. The summed E-state index contributed by atoms with van der Waals surface area (Å²) < 4.78 is 20.6. The third-order valence-electron chi connectivity index (χ3n) is 5.40. The van der Waals surface area contributed by atoms with Crippen LogP contribution in [0.5, 0.6) is 0 Å². The number of nitrogens with zero attached hydrogens (tertiary/aromatic N) is 3. The van der Waals surface area contributed by atoms with Gasteiger partial charge in [-0.2, -0.15) is 5.10 Å². The fraction of sp³-hybridized carbons (Fsp3) is 0.389. The van der Waals surface area contributed by atoms with Gasteiger partial charge in [-0.1, -0.05) is 12.1 Å². The van der Waals surface area contributed by atoms with Crippen LogP contribution < -0.4 is 4.90 Å². The van der Waals surface area contributed by atoms with E-state index in [1.54, 1.807) is 23.0 Å². The second kappa shape index (κ2) is 5.23. The summed E-state index contributed by atoms with van der Waals surface area (Å²) in [7, 11) is 0. The highest BCUT2D eigenvalue weighted by Crippen LogP contribution is 2.49. The first-order valence-electron chi connectivity index (χ1n) is 8.42.